The minimum atomic E-state index is -0.346. The van der Waals surface area contributed by atoms with Crippen molar-refractivity contribution >= 4 is 22.6 Å². The second kappa shape index (κ2) is 5.20. The van der Waals surface area contributed by atoms with Gasteiger partial charge in [-0.05, 0) is 12.1 Å². The molecule has 0 unspecified atom stereocenters. The predicted molar refractivity (Wildman–Crippen MR) is 72.3 cm³/mol. The molecule has 0 spiro atoms. The molecule has 3 aromatic rings. The van der Waals surface area contributed by atoms with Crippen molar-refractivity contribution in [1.82, 2.24) is 19.7 Å². The quantitative estimate of drug-likeness (QED) is 0.694. The van der Waals surface area contributed by atoms with Crippen molar-refractivity contribution in [3.05, 3.63) is 41.6 Å². The molecular weight excluding hydrogens is 283 g/mol. The fourth-order valence-electron chi connectivity index (χ4n) is 2.16. The number of aryl methyl sites for hydroxylation is 2. The lowest BCUT2D eigenvalue weighted by molar-refractivity contribution is 0.386. The molecule has 7 heteroatoms. The van der Waals surface area contributed by atoms with Crippen molar-refractivity contribution in [2.45, 2.75) is 19.9 Å². The number of imidazole rings is 1. The summed E-state index contributed by atoms with van der Waals surface area (Å²) in [6.45, 7) is 2.10. The second-order valence-electron chi connectivity index (χ2n) is 4.39. The highest BCUT2D eigenvalue weighted by Gasteiger charge is 2.15. The molecule has 0 saturated heterocycles. The number of hydrogen-bond donors (Lipinski definition) is 0. The van der Waals surface area contributed by atoms with E-state index in [2.05, 4.69) is 15.1 Å². The first-order valence-electron chi connectivity index (χ1n) is 6.18. The van der Waals surface area contributed by atoms with Crippen molar-refractivity contribution in [1.29, 1.82) is 0 Å². The van der Waals surface area contributed by atoms with Crippen LogP contribution in [0.4, 0.5) is 4.39 Å². The molecular formula is C13H12ClFN4O. The fourth-order valence-corrected chi connectivity index (χ4v) is 2.33. The van der Waals surface area contributed by atoms with Crippen molar-refractivity contribution in [3.63, 3.8) is 0 Å². The van der Waals surface area contributed by atoms with Gasteiger partial charge in [-0.15, -0.1) is 11.6 Å². The van der Waals surface area contributed by atoms with Gasteiger partial charge in [-0.25, -0.2) is 9.37 Å². The van der Waals surface area contributed by atoms with Crippen LogP contribution in [-0.2, 0) is 13.0 Å². The van der Waals surface area contributed by atoms with Gasteiger partial charge in [0, 0.05) is 19.2 Å². The maximum Gasteiger partial charge on any atom is 0.223 e. The summed E-state index contributed by atoms with van der Waals surface area (Å²) >= 11 is 5.79. The molecule has 104 valence electrons. The highest BCUT2D eigenvalue weighted by molar-refractivity contribution is 6.17. The standard InChI is InChI=1S/C13H12ClFN4O/c1-8-16-11(18-20-8)7-19-10-4-2-3-9(15)13(10)17-12(19)5-6-14/h2-4H,5-7H2,1H3. The Morgan fingerprint density at radius 1 is 1.35 bits per heavy atom. The van der Waals surface area contributed by atoms with Crippen LogP contribution < -0.4 is 0 Å². The van der Waals surface area contributed by atoms with Crippen LogP contribution in [0.2, 0.25) is 0 Å². The van der Waals surface area contributed by atoms with Gasteiger partial charge in [-0.1, -0.05) is 11.2 Å². The van der Waals surface area contributed by atoms with E-state index in [1.807, 2.05) is 10.6 Å². The Balaban J connectivity index is 2.11. The number of alkyl halides is 1. The summed E-state index contributed by atoms with van der Waals surface area (Å²) in [4.78, 5) is 8.49. The Morgan fingerprint density at radius 2 is 2.20 bits per heavy atom. The van der Waals surface area contributed by atoms with E-state index in [0.29, 0.717) is 47.4 Å². The SMILES string of the molecule is Cc1nc(Cn2c(CCCl)nc3c(F)cccc32)no1. The van der Waals surface area contributed by atoms with Crippen LogP contribution in [0.25, 0.3) is 11.0 Å². The topological polar surface area (TPSA) is 56.7 Å². The van der Waals surface area contributed by atoms with E-state index in [9.17, 15) is 4.39 Å². The van der Waals surface area contributed by atoms with Gasteiger partial charge in [0.1, 0.15) is 11.3 Å². The zero-order valence-electron chi connectivity index (χ0n) is 10.8. The van der Waals surface area contributed by atoms with Crippen molar-refractivity contribution in [2.24, 2.45) is 0 Å². The predicted octanol–water partition coefficient (Wildman–Crippen LogP) is 2.70. The molecule has 0 bridgehead atoms. The number of aromatic nitrogens is 4. The van der Waals surface area contributed by atoms with Gasteiger partial charge in [0.2, 0.25) is 5.89 Å². The Kier molecular flexibility index (Phi) is 3.40. The lowest BCUT2D eigenvalue weighted by Crippen LogP contribution is -2.07. The van der Waals surface area contributed by atoms with E-state index < -0.39 is 0 Å². The summed E-state index contributed by atoms with van der Waals surface area (Å²) in [7, 11) is 0. The Morgan fingerprint density at radius 3 is 2.90 bits per heavy atom. The van der Waals surface area contributed by atoms with Crippen LogP contribution in [-0.4, -0.2) is 25.6 Å². The summed E-state index contributed by atoms with van der Waals surface area (Å²) in [6, 6.07) is 4.86. The molecule has 2 heterocycles. The molecule has 0 saturated carbocycles. The lowest BCUT2D eigenvalue weighted by atomic mass is 10.3. The number of rotatable bonds is 4. The van der Waals surface area contributed by atoms with Crippen molar-refractivity contribution in [2.75, 3.05) is 5.88 Å². The minimum absolute atomic E-state index is 0.341. The Labute approximate surface area is 119 Å². The molecule has 1 aromatic carbocycles. The monoisotopic (exact) mass is 294 g/mol. The average molecular weight is 295 g/mol. The number of para-hydroxylation sites is 1. The first-order valence-corrected chi connectivity index (χ1v) is 6.71. The lowest BCUT2D eigenvalue weighted by Gasteiger charge is -2.05. The average Bonchev–Trinajstić information content (AvgIpc) is 2.97. The molecule has 5 nitrogen and oxygen atoms in total. The minimum Gasteiger partial charge on any atom is -0.340 e. The van der Waals surface area contributed by atoms with Gasteiger partial charge >= 0.3 is 0 Å². The molecule has 0 amide bonds. The van der Waals surface area contributed by atoms with E-state index in [-0.39, 0.29) is 5.82 Å². The zero-order chi connectivity index (χ0) is 14.1. The molecule has 3 rings (SSSR count). The molecule has 20 heavy (non-hydrogen) atoms. The van der Waals surface area contributed by atoms with Gasteiger partial charge in [-0.2, -0.15) is 4.98 Å². The largest absolute Gasteiger partial charge is 0.340 e. The van der Waals surface area contributed by atoms with Gasteiger partial charge in [0.05, 0.1) is 12.1 Å². The molecule has 2 aromatic heterocycles. The molecule has 0 aliphatic heterocycles. The zero-order valence-corrected chi connectivity index (χ0v) is 11.6. The van der Waals surface area contributed by atoms with Crippen LogP contribution in [0.5, 0.6) is 0 Å². The fraction of sp³-hybridized carbons (Fsp3) is 0.308. The highest BCUT2D eigenvalue weighted by Crippen LogP contribution is 2.20. The van der Waals surface area contributed by atoms with Gasteiger partial charge in [0.25, 0.3) is 0 Å². The number of benzene rings is 1. The third-order valence-electron chi connectivity index (χ3n) is 3.00. The van der Waals surface area contributed by atoms with Crippen molar-refractivity contribution < 1.29 is 8.91 Å². The summed E-state index contributed by atoms with van der Waals surface area (Å²) < 4.78 is 20.6. The normalized spacial score (nSPS) is 11.3. The van der Waals surface area contributed by atoms with Crippen LogP contribution in [0, 0.1) is 12.7 Å². The van der Waals surface area contributed by atoms with Crippen LogP contribution in [0.1, 0.15) is 17.5 Å². The second-order valence-corrected chi connectivity index (χ2v) is 4.77. The third-order valence-corrected chi connectivity index (χ3v) is 3.18. The van der Waals surface area contributed by atoms with Crippen LogP contribution >= 0.6 is 11.6 Å². The number of fused-ring (bicyclic) bond motifs is 1. The van der Waals surface area contributed by atoms with Gasteiger partial charge in [0.15, 0.2) is 11.6 Å². The molecule has 0 aliphatic rings. The van der Waals surface area contributed by atoms with Crippen molar-refractivity contribution in [3.8, 4) is 0 Å². The number of hydrogen-bond acceptors (Lipinski definition) is 4. The van der Waals surface area contributed by atoms with Crippen LogP contribution in [0.3, 0.4) is 0 Å². The summed E-state index contributed by atoms with van der Waals surface area (Å²) in [5.41, 5.74) is 1.04. The van der Waals surface area contributed by atoms with E-state index in [1.54, 1.807) is 13.0 Å². The first kappa shape index (κ1) is 13.1. The molecule has 0 atom stereocenters. The summed E-state index contributed by atoms with van der Waals surface area (Å²) in [5.74, 6) is 1.80. The summed E-state index contributed by atoms with van der Waals surface area (Å²) in [5, 5.41) is 3.86. The molecule has 0 aliphatic carbocycles. The Bertz CT molecular complexity index is 752. The van der Waals surface area contributed by atoms with Crippen LogP contribution in [0.15, 0.2) is 22.7 Å². The Hall–Kier alpha value is -1.95. The van der Waals surface area contributed by atoms with E-state index >= 15 is 0 Å². The molecule has 0 N–H and O–H groups in total. The van der Waals surface area contributed by atoms with E-state index in [1.165, 1.54) is 6.07 Å². The maximum atomic E-state index is 13.8. The highest BCUT2D eigenvalue weighted by atomic mass is 35.5. The smallest absolute Gasteiger partial charge is 0.223 e. The molecule has 0 fully saturated rings. The summed E-state index contributed by atoms with van der Waals surface area (Å²) in [6.07, 6.45) is 0.548. The van der Waals surface area contributed by atoms with Gasteiger partial charge in [-0.3, -0.25) is 0 Å². The number of halogens is 2. The van der Waals surface area contributed by atoms with Gasteiger partial charge < -0.3 is 9.09 Å². The van der Waals surface area contributed by atoms with E-state index in [4.69, 9.17) is 16.1 Å². The number of nitrogens with zero attached hydrogens (tertiary/aromatic N) is 4. The molecule has 0 radical (unpaired) electrons. The van der Waals surface area contributed by atoms with E-state index in [0.717, 1.165) is 0 Å². The first-order chi connectivity index (χ1) is 9.69. The third kappa shape index (κ3) is 2.27. The maximum absolute atomic E-state index is 13.8.